The van der Waals surface area contributed by atoms with Crippen LogP contribution in [-0.2, 0) is 14.4 Å². The van der Waals surface area contributed by atoms with Gasteiger partial charge in [0, 0.05) is 5.57 Å². The van der Waals surface area contributed by atoms with Crippen LogP contribution in [0.3, 0.4) is 0 Å². The summed E-state index contributed by atoms with van der Waals surface area (Å²) in [7, 11) is 0. The Morgan fingerprint density at radius 1 is 0.933 bits per heavy atom. The smallest absolute Gasteiger partial charge is 0.222 e. The molecule has 0 bridgehead atoms. The minimum Gasteiger partial charge on any atom is -0.294 e. The number of ketones is 3. The summed E-state index contributed by atoms with van der Waals surface area (Å²) in [6.07, 6.45) is 6.50. The van der Waals surface area contributed by atoms with E-state index in [9.17, 15) is 14.4 Å². The third-order valence-electron chi connectivity index (χ3n) is 3.25. The van der Waals surface area contributed by atoms with Crippen molar-refractivity contribution in [2.24, 2.45) is 5.92 Å². The molecule has 2 aliphatic carbocycles. The largest absolute Gasteiger partial charge is 0.294 e. The molecule has 15 heavy (non-hydrogen) atoms. The quantitative estimate of drug-likeness (QED) is 0.483. The zero-order valence-electron chi connectivity index (χ0n) is 8.62. The van der Waals surface area contributed by atoms with Crippen LogP contribution in [0.1, 0.15) is 38.5 Å². The van der Waals surface area contributed by atoms with Gasteiger partial charge in [-0.1, -0.05) is 19.3 Å². The van der Waals surface area contributed by atoms with Crippen molar-refractivity contribution < 1.29 is 14.4 Å². The molecule has 1 fully saturated rings. The average Bonchev–Trinajstić information content (AvgIpc) is 2.25. The molecule has 0 saturated heterocycles. The van der Waals surface area contributed by atoms with Gasteiger partial charge in [-0.3, -0.25) is 14.4 Å². The van der Waals surface area contributed by atoms with Gasteiger partial charge in [0.1, 0.15) is 0 Å². The van der Waals surface area contributed by atoms with Crippen LogP contribution in [0.2, 0.25) is 0 Å². The van der Waals surface area contributed by atoms with Gasteiger partial charge in [-0.2, -0.15) is 0 Å². The fourth-order valence-electron chi connectivity index (χ4n) is 2.40. The molecule has 0 amide bonds. The summed E-state index contributed by atoms with van der Waals surface area (Å²) in [6.45, 7) is 0. The first-order valence-corrected chi connectivity index (χ1v) is 5.50. The summed E-state index contributed by atoms with van der Waals surface area (Å²) in [6, 6.07) is 0. The Kier molecular flexibility index (Phi) is 2.80. The number of Topliss-reactive ketones (excluding diaryl/α,β-unsaturated/α-hetero) is 2. The Hall–Kier alpha value is -1.25. The molecule has 0 N–H and O–H groups in total. The standard InChI is InChI=1S/C12H14O3/c13-10-7-12(15)11(14)6-9(10)8-4-2-1-3-5-8/h6,8H,1-5,7H2. The molecule has 3 heteroatoms. The second-order valence-electron chi connectivity index (χ2n) is 4.32. The van der Waals surface area contributed by atoms with E-state index in [2.05, 4.69) is 0 Å². The first kappa shape index (κ1) is 10.3. The van der Waals surface area contributed by atoms with Gasteiger partial charge in [0.25, 0.3) is 0 Å². The van der Waals surface area contributed by atoms with E-state index in [1.807, 2.05) is 0 Å². The molecule has 80 valence electrons. The van der Waals surface area contributed by atoms with Crippen LogP contribution >= 0.6 is 0 Å². The van der Waals surface area contributed by atoms with Crippen LogP contribution < -0.4 is 0 Å². The summed E-state index contributed by atoms with van der Waals surface area (Å²) < 4.78 is 0. The maximum Gasteiger partial charge on any atom is 0.222 e. The molecule has 0 spiro atoms. The monoisotopic (exact) mass is 206 g/mol. The lowest BCUT2D eigenvalue weighted by molar-refractivity contribution is -0.137. The molecule has 0 radical (unpaired) electrons. The SMILES string of the molecule is O=C1C=C(C2CCCCC2)C(=O)CC1=O. The molecule has 3 nitrogen and oxygen atoms in total. The maximum absolute atomic E-state index is 11.6. The van der Waals surface area contributed by atoms with E-state index in [0.29, 0.717) is 5.57 Å². The molecule has 0 atom stereocenters. The highest BCUT2D eigenvalue weighted by atomic mass is 16.2. The van der Waals surface area contributed by atoms with Gasteiger partial charge < -0.3 is 0 Å². The van der Waals surface area contributed by atoms with E-state index in [-0.39, 0.29) is 18.1 Å². The number of carbonyl (C=O) groups is 3. The second-order valence-corrected chi connectivity index (χ2v) is 4.32. The second kappa shape index (κ2) is 4.09. The first-order chi connectivity index (χ1) is 7.18. The Bertz CT molecular complexity index is 346. The molecule has 0 aromatic rings. The van der Waals surface area contributed by atoms with Crippen molar-refractivity contribution >= 4 is 17.3 Å². The van der Waals surface area contributed by atoms with E-state index >= 15 is 0 Å². The van der Waals surface area contributed by atoms with Gasteiger partial charge >= 0.3 is 0 Å². The van der Waals surface area contributed by atoms with Crippen LogP contribution in [0.5, 0.6) is 0 Å². The third-order valence-corrected chi connectivity index (χ3v) is 3.25. The maximum atomic E-state index is 11.6. The lowest BCUT2D eigenvalue weighted by atomic mass is 9.79. The average molecular weight is 206 g/mol. The van der Waals surface area contributed by atoms with E-state index < -0.39 is 11.6 Å². The van der Waals surface area contributed by atoms with Crippen LogP contribution in [0.15, 0.2) is 11.6 Å². The molecular formula is C12H14O3. The normalized spacial score (nSPS) is 24.3. The van der Waals surface area contributed by atoms with Crippen molar-refractivity contribution in [3.8, 4) is 0 Å². The van der Waals surface area contributed by atoms with Gasteiger partial charge in [-0.25, -0.2) is 0 Å². The van der Waals surface area contributed by atoms with Crippen LogP contribution in [0.4, 0.5) is 0 Å². The summed E-state index contributed by atoms with van der Waals surface area (Å²) in [5.41, 5.74) is 0.610. The highest BCUT2D eigenvalue weighted by Crippen LogP contribution is 2.31. The van der Waals surface area contributed by atoms with Gasteiger partial charge in [0.2, 0.25) is 11.6 Å². The highest BCUT2D eigenvalue weighted by molar-refractivity contribution is 6.48. The fourth-order valence-corrected chi connectivity index (χ4v) is 2.40. The molecule has 0 aromatic heterocycles. The van der Waals surface area contributed by atoms with Crippen molar-refractivity contribution in [1.82, 2.24) is 0 Å². The van der Waals surface area contributed by atoms with E-state index in [4.69, 9.17) is 0 Å². The molecule has 0 aromatic carbocycles. The van der Waals surface area contributed by atoms with Crippen molar-refractivity contribution in [3.63, 3.8) is 0 Å². The Morgan fingerprint density at radius 2 is 1.60 bits per heavy atom. The van der Waals surface area contributed by atoms with E-state index in [0.717, 1.165) is 25.7 Å². The summed E-state index contributed by atoms with van der Waals surface area (Å²) in [5, 5.41) is 0. The Balaban J connectivity index is 2.19. The number of rotatable bonds is 1. The zero-order chi connectivity index (χ0) is 10.8. The van der Waals surface area contributed by atoms with Crippen molar-refractivity contribution in [2.75, 3.05) is 0 Å². The van der Waals surface area contributed by atoms with Crippen molar-refractivity contribution in [3.05, 3.63) is 11.6 Å². The Morgan fingerprint density at radius 3 is 2.27 bits per heavy atom. The van der Waals surface area contributed by atoms with Crippen LogP contribution in [-0.4, -0.2) is 17.3 Å². The van der Waals surface area contributed by atoms with E-state index in [1.54, 1.807) is 0 Å². The zero-order valence-corrected chi connectivity index (χ0v) is 8.62. The highest BCUT2D eigenvalue weighted by Gasteiger charge is 2.30. The minimum atomic E-state index is -0.556. The molecule has 0 unspecified atom stereocenters. The predicted molar refractivity (Wildman–Crippen MR) is 54.3 cm³/mol. The fraction of sp³-hybridized carbons (Fsp3) is 0.583. The van der Waals surface area contributed by atoms with Crippen LogP contribution in [0, 0.1) is 5.92 Å². The predicted octanol–water partition coefficient (Wildman–Crippen LogP) is 1.60. The lowest BCUT2D eigenvalue weighted by Gasteiger charge is -2.24. The summed E-state index contributed by atoms with van der Waals surface area (Å²) in [5.74, 6) is -0.954. The number of allylic oxidation sites excluding steroid dienone is 2. The summed E-state index contributed by atoms with van der Waals surface area (Å²) >= 11 is 0. The molecule has 1 saturated carbocycles. The van der Waals surface area contributed by atoms with Crippen molar-refractivity contribution in [2.45, 2.75) is 38.5 Å². The minimum absolute atomic E-state index is 0.133. The van der Waals surface area contributed by atoms with Crippen molar-refractivity contribution in [1.29, 1.82) is 0 Å². The lowest BCUT2D eigenvalue weighted by Crippen LogP contribution is -2.28. The molecular weight excluding hydrogens is 192 g/mol. The third kappa shape index (κ3) is 2.06. The van der Waals surface area contributed by atoms with Gasteiger partial charge in [-0.05, 0) is 24.8 Å². The molecule has 0 aliphatic heterocycles. The van der Waals surface area contributed by atoms with Crippen LogP contribution in [0.25, 0.3) is 0 Å². The summed E-state index contributed by atoms with van der Waals surface area (Å²) in [4.78, 5) is 33.8. The number of carbonyl (C=O) groups excluding carboxylic acids is 3. The topological polar surface area (TPSA) is 51.2 Å². The van der Waals surface area contributed by atoms with Gasteiger partial charge in [0.15, 0.2) is 5.78 Å². The van der Waals surface area contributed by atoms with E-state index in [1.165, 1.54) is 12.5 Å². The number of hydrogen-bond donors (Lipinski definition) is 0. The van der Waals surface area contributed by atoms with Gasteiger partial charge in [0.05, 0.1) is 6.42 Å². The molecule has 0 heterocycles. The number of hydrogen-bond acceptors (Lipinski definition) is 3. The first-order valence-electron chi connectivity index (χ1n) is 5.50. The van der Waals surface area contributed by atoms with Gasteiger partial charge in [-0.15, -0.1) is 0 Å². The Labute approximate surface area is 88.5 Å². The molecule has 2 aliphatic rings. The molecule has 2 rings (SSSR count).